The first-order valence-corrected chi connectivity index (χ1v) is 4.01. The van der Waals surface area contributed by atoms with Crippen LogP contribution in [-0.4, -0.2) is 15.0 Å². The molecule has 0 saturated carbocycles. The number of benzene rings is 1. The van der Waals surface area contributed by atoms with Crippen molar-refractivity contribution in [2.75, 3.05) is 5.73 Å². The minimum absolute atomic E-state index is 0.434. The number of rotatable bonds is 1. The summed E-state index contributed by atoms with van der Waals surface area (Å²) in [5.74, 6) is 0.434. The topological polar surface area (TPSA) is 56.7 Å². The largest absolute Gasteiger partial charge is 0.381 e. The first-order chi connectivity index (χ1) is 6.27. The molecule has 0 unspecified atom stereocenters. The lowest BCUT2D eigenvalue weighted by atomic mass is 10.2. The van der Waals surface area contributed by atoms with E-state index in [2.05, 4.69) is 10.3 Å². The molecular weight excluding hydrogens is 164 g/mol. The highest BCUT2D eigenvalue weighted by Gasteiger charge is 2.01. The average Bonchev–Trinajstić information content (AvgIpc) is 2.53. The smallest absolute Gasteiger partial charge is 0.166 e. The van der Waals surface area contributed by atoms with Crippen LogP contribution in [0.15, 0.2) is 30.5 Å². The molecule has 0 spiro atoms. The summed E-state index contributed by atoms with van der Waals surface area (Å²) in [5.41, 5.74) is 7.62. The number of para-hydroxylation sites is 1. The molecule has 0 bridgehead atoms. The maximum atomic E-state index is 5.47. The van der Waals surface area contributed by atoms with Crippen LogP contribution in [0.5, 0.6) is 0 Å². The van der Waals surface area contributed by atoms with Crippen LogP contribution in [0.4, 0.5) is 5.82 Å². The van der Waals surface area contributed by atoms with Crippen LogP contribution in [-0.2, 0) is 0 Å². The van der Waals surface area contributed by atoms with E-state index < -0.39 is 0 Å². The van der Waals surface area contributed by atoms with Gasteiger partial charge in [-0.05, 0) is 18.6 Å². The van der Waals surface area contributed by atoms with Gasteiger partial charge >= 0.3 is 0 Å². The molecule has 2 rings (SSSR count). The maximum Gasteiger partial charge on any atom is 0.166 e. The van der Waals surface area contributed by atoms with E-state index in [-0.39, 0.29) is 0 Å². The number of anilines is 1. The molecular formula is C9H10N4. The number of hydrogen-bond acceptors (Lipinski definition) is 3. The number of aryl methyl sites for hydroxylation is 1. The molecule has 13 heavy (non-hydrogen) atoms. The van der Waals surface area contributed by atoms with Crippen molar-refractivity contribution in [3.63, 3.8) is 0 Å². The monoisotopic (exact) mass is 174 g/mol. The first-order valence-electron chi connectivity index (χ1n) is 4.01. The molecule has 1 aromatic heterocycles. The molecule has 1 aromatic carbocycles. The number of nitrogen functional groups attached to an aromatic ring is 1. The molecule has 0 radical (unpaired) electrons. The van der Waals surface area contributed by atoms with Crippen LogP contribution in [0.3, 0.4) is 0 Å². The van der Waals surface area contributed by atoms with Crippen molar-refractivity contribution in [3.8, 4) is 5.69 Å². The van der Waals surface area contributed by atoms with Crippen LogP contribution in [0.2, 0.25) is 0 Å². The maximum absolute atomic E-state index is 5.47. The molecule has 0 amide bonds. The van der Waals surface area contributed by atoms with Gasteiger partial charge in [-0.1, -0.05) is 23.4 Å². The number of hydrogen-bond donors (Lipinski definition) is 1. The fraction of sp³-hybridized carbons (Fsp3) is 0.111. The zero-order valence-electron chi connectivity index (χ0n) is 7.31. The molecule has 1 heterocycles. The van der Waals surface area contributed by atoms with Gasteiger partial charge in [0.25, 0.3) is 0 Å². The molecule has 4 nitrogen and oxygen atoms in total. The van der Waals surface area contributed by atoms with Gasteiger partial charge in [0, 0.05) is 0 Å². The summed E-state index contributed by atoms with van der Waals surface area (Å²) < 4.78 is 1.67. The van der Waals surface area contributed by atoms with E-state index in [9.17, 15) is 0 Å². The van der Waals surface area contributed by atoms with Crippen molar-refractivity contribution in [1.82, 2.24) is 15.0 Å². The molecule has 2 N–H and O–H groups in total. The van der Waals surface area contributed by atoms with Gasteiger partial charge in [0.2, 0.25) is 0 Å². The fourth-order valence-corrected chi connectivity index (χ4v) is 1.21. The van der Waals surface area contributed by atoms with E-state index >= 15 is 0 Å². The lowest BCUT2D eigenvalue weighted by Gasteiger charge is -2.02. The van der Waals surface area contributed by atoms with Crippen molar-refractivity contribution < 1.29 is 0 Å². The average molecular weight is 174 g/mol. The van der Waals surface area contributed by atoms with Gasteiger partial charge in [0.15, 0.2) is 5.82 Å². The summed E-state index contributed by atoms with van der Waals surface area (Å²) in [6, 6.07) is 7.94. The van der Waals surface area contributed by atoms with E-state index in [1.807, 2.05) is 31.2 Å². The van der Waals surface area contributed by atoms with E-state index in [4.69, 9.17) is 5.73 Å². The molecule has 66 valence electrons. The third kappa shape index (κ3) is 1.38. The second-order valence-electron chi connectivity index (χ2n) is 2.87. The second kappa shape index (κ2) is 2.90. The Morgan fingerprint density at radius 1 is 1.31 bits per heavy atom. The van der Waals surface area contributed by atoms with E-state index in [1.54, 1.807) is 10.9 Å². The Morgan fingerprint density at radius 2 is 2.08 bits per heavy atom. The van der Waals surface area contributed by atoms with Crippen molar-refractivity contribution in [3.05, 3.63) is 36.0 Å². The number of aromatic nitrogens is 3. The van der Waals surface area contributed by atoms with Gasteiger partial charge in [-0.2, -0.15) is 0 Å². The van der Waals surface area contributed by atoms with Crippen LogP contribution in [0.25, 0.3) is 5.69 Å². The van der Waals surface area contributed by atoms with Crippen molar-refractivity contribution in [2.24, 2.45) is 0 Å². The molecule has 2 aromatic rings. The van der Waals surface area contributed by atoms with Crippen molar-refractivity contribution >= 4 is 5.82 Å². The van der Waals surface area contributed by atoms with Crippen LogP contribution in [0.1, 0.15) is 5.56 Å². The van der Waals surface area contributed by atoms with E-state index in [0.717, 1.165) is 11.3 Å². The predicted molar refractivity (Wildman–Crippen MR) is 50.5 cm³/mol. The molecule has 0 fully saturated rings. The van der Waals surface area contributed by atoms with Gasteiger partial charge in [-0.25, -0.2) is 4.68 Å². The van der Waals surface area contributed by atoms with Gasteiger partial charge in [-0.15, -0.1) is 5.10 Å². The molecule has 0 saturated heterocycles. The van der Waals surface area contributed by atoms with Crippen LogP contribution < -0.4 is 5.73 Å². The third-order valence-electron chi connectivity index (χ3n) is 1.87. The highest BCUT2D eigenvalue weighted by molar-refractivity contribution is 5.40. The quantitative estimate of drug-likeness (QED) is 0.705. The zero-order valence-corrected chi connectivity index (χ0v) is 7.31. The minimum atomic E-state index is 0.434. The summed E-state index contributed by atoms with van der Waals surface area (Å²) in [6.07, 6.45) is 1.70. The van der Waals surface area contributed by atoms with Crippen molar-refractivity contribution in [1.29, 1.82) is 0 Å². The Hall–Kier alpha value is -1.84. The SMILES string of the molecule is Cc1ccccc1-n1cc(N)nn1. The zero-order chi connectivity index (χ0) is 9.26. The first kappa shape index (κ1) is 7.79. The molecule has 0 aliphatic carbocycles. The summed E-state index contributed by atoms with van der Waals surface area (Å²) >= 11 is 0. The Labute approximate surface area is 76.0 Å². The number of nitrogens with two attached hydrogens (primary N) is 1. The molecule has 0 aliphatic heterocycles. The second-order valence-corrected chi connectivity index (χ2v) is 2.87. The summed E-state index contributed by atoms with van der Waals surface area (Å²) in [5, 5.41) is 7.61. The van der Waals surface area contributed by atoms with Gasteiger partial charge in [-0.3, -0.25) is 0 Å². The summed E-state index contributed by atoms with van der Waals surface area (Å²) in [4.78, 5) is 0. The Balaban J connectivity index is 2.52. The van der Waals surface area contributed by atoms with Gasteiger partial charge in [0.05, 0.1) is 11.9 Å². The Bertz CT molecular complexity index is 419. The van der Waals surface area contributed by atoms with Gasteiger partial charge < -0.3 is 5.73 Å². The predicted octanol–water partition coefficient (Wildman–Crippen LogP) is 1.16. The normalized spacial score (nSPS) is 10.2. The fourth-order valence-electron chi connectivity index (χ4n) is 1.21. The minimum Gasteiger partial charge on any atom is -0.381 e. The van der Waals surface area contributed by atoms with Crippen molar-refractivity contribution in [2.45, 2.75) is 6.92 Å². The third-order valence-corrected chi connectivity index (χ3v) is 1.87. The summed E-state index contributed by atoms with van der Waals surface area (Å²) in [7, 11) is 0. The lowest BCUT2D eigenvalue weighted by molar-refractivity contribution is 0.799. The molecule has 0 atom stereocenters. The number of nitrogens with zero attached hydrogens (tertiary/aromatic N) is 3. The Morgan fingerprint density at radius 3 is 2.69 bits per heavy atom. The molecule has 4 heteroatoms. The standard InChI is InChI=1S/C9H10N4/c1-7-4-2-3-5-8(7)13-6-9(10)11-12-13/h2-6H,10H2,1H3. The molecule has 0 aliphatic rings. The lowest BCUT2D eigenvalue weighted by Crippen LogP contribution is -1.97. The Kier molecular flexibility index (Phi) is 1.73. The highest BCUT2D eigenvalue weighted by Crippen LogP contribution is 2.12. The van der Waals surface area contributed by atoms with Crippen LogP contribution >= 0.6 is 0 Å². The van der Waals surface area contributed by atoms with E-state index in [0.29, 0.717) is 5.82 Å². The highest BCUT2D eigenvalue weighted by atomic mass is 15.4. The summed E-state index contributed by atoms with van der Waals surface area (Å²) in [6.45, 7) is 2.02. The van der Waals surface area contributed by atoms with Crippen LogP contribution in [0, 0.1) is 6.92 Å². The van der Waals surface area contributed by atoms with E-state index in [1.165, 1.54) is 0 Å². The van der Waals surface area contributed by atoms with Gasteiger partial charge in [0.1, 0.15) is 0 Å².